The fourth-order valence-corrected chi connectivity index (χ4v) is 2.74. The van der Waals surface area contributed by atoms with E-state index in [0.717, 1.165) is 11.3 Å². The number of para-hydroxylation sites is 1. The maximum atomic E-state index is 12.6. The van der Waals surface area contributed by atoms with Crippen molar-refractivity contribution in [2.24, 2.45) is 0 Å². The minimum Gasteiger partial charge on any atom is -0.337 e. The zero-order chi connectivity index (χ0) is 19.9. The van der Waals surface area contributed by atoms with Crippen LogP contribution in [0.4, 0.5) is 5.69 Å². The molecule has 5 heteroatoms. The van der Waals surface area contributed by atoms with Gasteiger partial charge in [-0.25, -0.2) is 0 Å². The van der Waals surface area contributed by atoms with Gasteiger partial charge in [0.25, 0.3) is 11.8 Å². The maximum absolute atomic E-state index is 12.6. The van der Waals surface area contributed by atoms with E-state index in [1.807, 2.05) is 42.5 Å². The van der Waals surface area contributed by atoms with Gasteiger partial charge in [0, 0.05) is 30.4 Å². The van der Waals surface area contributed by atoms with Crippen LogP contribution in [0.15, 0.2) is 78.9 Å². The number of carbonyl (C=O) groups is 2. The third-order valence-electron chi connectivity index (χ3n) is 4.28. The lowest BCUT2D eigenvalue weighted by atomic mass is 10.1. The Kier molecular flexibility index (Phi) is 5.83. The highest BCUT2D eigenvalue weighted by molar-refractivity contribution is 6.05. The van der Waals surface area contributed by atoms with E-state index in [0.29, 0.717) is 23.2 Å². The zero-order valence-corrected chi connectivity index (χ0v) is 15.4. The minimum absolute atomic E-state index is 0.139. The summed E-state index contributed by atoms with van der Waals surface area (Å²) >= 11 is 0. The summed E-state index contributed by atoms with van der Waals surface area (Å²) in [5, 5.41) is 11.7. The lowest BCUT2D eigenvalue weighted by Crippen LogP contribution is -2.26. The molecular formula is C23H19N3O2. The molecule has 0 heterocycles. The van der Waals surface area contributed by atoms with Gasteiger partial charge in [0.05, 0.1) is 11.6 Å². The number of nitrogens with zero attached hydrogens (tertiary/aromatic N) is 2. The summed E-state index contributed by atoms with van der Waals surface area (Å²) in [6.45, 7) is 0.431. The topological polar surface area (TPSA) is 73.2 Å². The van der Waals surface area contributed by atoms with Gasteiger partial charge in [0.15, 0.2) is 0 Å². The highest BCUT2D eigenvalue weighted by Crippen LogP contribution is 2.13. The Morgan fingerprint density at radius 3 is 2.11 bits per heavy atom. The first-order valence-electron chi connectivity index (χ1n) is 8.78. The summed E-state index contributed by atoms with van der Waals surface area (Å²) in [4.78, 5) is 26.5. The van der Waals surface area contributed by atoms with Crippen molar-refractivity contribution in [1.29, 1.82) is 5.26 Å². The standard InChI is InChI=1S/C23H19N3O2/c1-26(16-18-9-7-17(15-24)8-10-18)23(28)20-13-11-19(12-14-20)22(27)25-21-5-3-2-4-6-21/h2-14H,16H2,1H3,(H,25,27). The number of nitrogens with one attached hydrogen (secondary N) is 1. The molecule has 0 unspecified atom stereocenters. The lowest BCUT2D eigenvalue weighted by molar-refractivity contribution is 0.0784. The Morgan fingerprint density at radius 1 is 0.893 bits per heavy atom. The van der Waals surface area contributed by atoms with Crippen molar-refractivity contribution in [2.75, 3.05) is 12.4 Å². The predicted molar refractivity (Wildman–Crippen MR) is 108 cm³/mol. The van der Waals surface area contributed by atoms with Crippen LogP contribution < -0.4 is 5.32 Å². The number of nitriles is 1. The van der Waals surface area contributed by atoms with Gasteiger partial charge < -0.3 is 10.2 Å². The van der Waals surface area contributed by atoms with Crippen molar-refractivity contribution in [3.8, 4) is 6.07 Å². The number of hydrogen-bond acceptors (Lipinski definition) is 3. The highest BCUT2D eigenvalue weighted by atomic mass is 16.2. The molecular weight excluding hydrogens is 350 g/mol. The van der Waals surface area contributed by atoms with Crippen molar-refractivity contribution in [3.63, 3.8) is 0 Å². The molecule has 0 aliphatic heterocycles. The second kappa shape index (κ2) is 8.65. The molecule has 0 spiro atoms. The first-order valence-corrected chi connectivity index (χ1v) is 8.78. The first kappa shape index (κ1) is 18.9. The van der Waals surface area contributed by atoms with Crippen LogP contribution in [0.25, 0.3) is 0 Å². The molecule has 0 saturated heterocycles. The molecule has 0 aliphatic carbocycles. The van der Waals surface area contributed by atoms with E-state index in [2.05, 4.69) is 11.4 Å². The normalized spacial score (nSPS) is 10.0. The summed E-state index contributed by atoms with van der Waals surface area (Å²) in [6, 6.07) is 25.0. The molecule has 5 nitrogen and oxygen atoms in total. The van der Waals surface area contributed by atoms with Crippen LogP contribution in [-0.2, 0) is 6.54 Å². The Labute approximate surface area is 163 Å². The molecule has 0 bridgehead atoms. The molecule has 3 rings (SSSR count). The maximum Gasteiger partial charge on any atom is 0.255 e. The summed E-state index contributed by atoms with van der Waals surface area (Å²) in [5.74, 6) is -0.365. The molecule has 0 fully saturated rings. The van der Waals surface area contributed by atoms with Crippen LogP contribution in [-0.4, -0.2) is 23.8 Å². The van der Waals surface area contributed by atoms with Crippen molar-refractivity contribution < 1.29 is 9.59 Å². The van der Waals surface area contributed by atoms with Gasteiger partial charge in [0.2, 0.25) is 0 Å². The Morgan fingerprint density at radius 2 is 1.50 bits per heavy atom. The van der Waals surface area contributed by atoms with Crippen molar-refractivity contribution in [2.45, 2.75) is 6.54 Å². The second-order valence-electron chi connectivity index (χ2n) is 6.37. The summed E-state index contributed by atoms with van der Waals surface area (Å²) in [5.41, 5.74) is 3.23. The molecule has 3 aromatic rings. The van der Waals surface area contributed by atoms with Crippen LogP contribution in [0, 0.1) is 11.3 Å². The molecule has 0 saturated carbocycles. The monoisotopic (exact) mass is 369 g/mol. The van der Waals surface area contributed by atoms with Gasteiger partial charge in [-0.05, 0) is 54.1 Å². The minimum atomic E-state index is -0.226. The molecule has 28 heavy (non-hydrogen) atoms. The molecule has 0 radical (unpaired) electrons. The van der Waals surface area contributed by atoms with E-state index in [1.54, 1.807) is 48.3 Å². The van der Waals surface area contributed by atoms with Crippen LogP contribution >= 0.6 is 0 Å². The van der Waals surface area contributed by atoms with E-state index in [-0.39, 0.29) is 11.8 Å². The van der Waals surface area contributed by atoms with E-state index < -0.39 is 0 Å². The molecule has 1 N–H and O–H groups in total. The van der Waals surface area contributed by atoms with Gasteiger partial charge >= 0.3 is 0 Å². The first-order chi connectivity index (χ1) is 13.6. The Hall–Kier alpha value is -3.91. The number of anilines is 1. The number of carbonyl (C=O) groups excluding carboxylic acids is 2. The fourth-order valence-electron chi connectivity index (χ4n) is 2.74. The lowest BCUT2D eigenvalue weighted by Gasteiger charge is -2.17. The van der Waals surface area contributed by atoms with Gasteiger partial charge in [-0.15, -0.1) is 0 Å². The number of benzene rings is 3. The fraction of sp³-hybridized carbons (Fsp3) is 0.0870. The van der Waals surface area contributed by atoms with Crippen LogP contribution in [0.2, 0.25) is 0 Å². The number of hydrogen-bond donors (Lipinski definition) is 1. The predicted octanol–water partition coefficient (Wildman–Crippen LogP) is 4.08. The van der Waals surface area contributed by atoms with Crippen molar-refractivity contribution >= 4 is 17.5 Å². The Balaban J connectivity index is 1.63. The van der Waals surface area contributed by atoms with Gasteiger partial charge in [-0.3, -0.25) is 9.59 Å². The number of rotatable bonds is 5. The third kappa shape index (κ3) is 4.63. The van der Waals surface area contributed by atoms with Crippen molar-refractivity contribution in [3.05, 3.63) is 101 Å². The molecule has 2 amide bonds. The van der Waals surface area contributed by atoms with Gasteiger partial charge in [0.1, 0.15) is 0 Å². The van der Waals surface area contributed by atoms with Crippen LogP contribution in [0.5, 0.6) is 0 Å². The average molecular weight is 369 g/mol. The molecule has 0 aromatic heterocycles. The molecule has 0 atom stereocenters. The van der Waals surface area contributed by atoms with E-state index >= 15 is 0 Å². The van der Waals surface area contributed by atoms with Gasteiger partial charge in [-0.1, -0.05) is 30.3 Å². The average Bonchev–Trinajstić information content (AvgIpc) is 2.74. The quantitative estimate of drug-likeness (QED) is 0.736. The Bertz CT molecular complexity index is 1000. The van der Waals surface area contributed by atoms with Gasteiger partial charge in [-0.2, -0.15) is 5.26 Å². The largest absolute Gasteiger partial charge is 0.337 e. The third-order valence-corrected chi connectivity index (χ3v) is 4.28. The summed E-state index contributed by atoms with van der Waals surface area (Å²) < 4.78 is 0. The zero-order valence-electron chi connectivity index (χ0n) is 15.4. The summed E-state index contributed by atoms with van der Waals surface area (Å²) in [7, 11) is 1.72. The van der Waals surface area contributed by atoms with E-state index in [9.17, 15) is 9.59 Å². The summed E-state index contributed by atoms with van der Waals surface area (Å²) in [6.07, 6.45) is 0. The SMILES string of the molecule is CN(Cc1ccc(C#N)cc1)C(=O)c1ccc(C(=O)Nc2ccccc2)cc1. The van der Waals surface area contributed by atoms with Crippen LogP contribution in [0.1, 0.15) is 31.8 Å². The van der Waals surface area contributed by atoms with Crippen LogP contribution in [0.3, 0.4) is 0 Å². The molecule has 138 valence electrons. The molecule has 3 aromatic carbocycles. The number of amides is 2. The highest BCUT2D eigenvalue weighted by Gasteiger charge is 2.13. The van der Waals surface area contributed by atoms with E-state index in [1.165, 1.54) is 0 Å². The van der Waals surface area contributed by atoms with E-state index in [4.69, 9.17) is 5.26 Å². The smallest absolute Gasteiger partial charge is 0.255 e. The molecule has 0 aliphatic rings. The van der Waals surface area contributed by atoms with Crippen molar-refractivity contribution in [1.82, 2.24) is 4.90 Å². The second-order valence-corrected chi connectivity index (χ2v) is 6.37.